The molecule has 3 N–H and O–H groups in total. The fourth-order valence-electron chi connectivity index (χ4n) is 2.29. The predicted octanol–water partition coefficient (Wildman–Crippen LogP) is 2.00. The fourth-order valence-corrected chi connectivity index (χ4v) is 2.29. The third-order valence-electron chi connectivity index (χ3n) is 3.43. The number of rotatable bonds is 6. The highest BCUT2D eigenvalue weighted by molar-refractivity contribution is 5.93. The van der Waals surface area contributed by atoms with Crippen molar-refractivity contribution >= 4 is 11.6 Å². The van der Waals surface area contributed by atoms with Crippen molar-refractivity contribution < 1.29 is 14.2 Å². The molecule has 1 unspecified atom stereocenters. The van der Waals surface area contributed by atoms with Crippen LogP contribution in [0.25, 0.3) is 0 Å². The third kappa shape index (κ3) is 4.53. The zero-order valence-corrected chi connectivity index (χ0v) is 12.6. The van der Waals surface area contributed by atoms with Crippen molar-refractivity contribution in [2.75, 3.05) is 32.7 Å². The van der Waals surface area contributed by atoms with Crippen LogP contribution in [0.15, 0.2) is 23.2 Å². The van der Waals surface area contributed by atoms with E-state index >= 15 is 0 Å². The Labute approximate surface area is 125 Å². The molecule has 6 nitrogen and oxygen atoms in total. The number of methoxy groups -OCH3 is 2. The minimum Gasteiger partial charge on any atom is -0.497 e. The van der Waals surface area contributed by atoms with E-state index in [9.17, 15) is 0 Å². The molecule has 0 aromatic heterocycles. The summed E-state index contributed by atoms with van der Waals surface area (Å²) in [4.78, 5) is 4.32. The van der Waals surface area contributed by atoms with E-state index in [4.69, 9.17) is 19.9 Å². The minimum atomic E-state index is 0.327. The van der Waals surface area contributed by atoms with E-state index in [1.165, 1.54) is 0 Å². The van der Waals surface area contributed by atoms with E-state index in [1.54, 1.807) is 14.2 Å². The van der Waals surface area contributed by atoms with Crippen LogP contribution in [0.3, 0.4) is 0 Å². The van der Waals surface area contributed by atoms with Gasteiger partial charge < -0.3 is 25.3 Å². The summed E-state index contributed by atoms with van der Waals surface area (Å²) in [6.45, 7) is 1.51. The number of benzene rings is 1. The van der Waals surface area contributed by atoms with Gasteiger partial charge in [0.25, 0.3) is 0 Å². The number of nitrogens with two attached hydrogens (primary N) is 1. The molecule has 1 fully saturated rings. The maximum Gasteiger partial charge on any atom is 0.193 e. The molecule has 1 aliphatic heterocycles. The number of hydrogen-bond acceptors (Lipinski definition) is 4. The lowest BCUT2D eigenvalue weighted by Crippen LogP contribution is -2.23. The van der Waals surface area contributed by atoms with E-state index in [0.29, 0.717) is 24.4 Å². The topological polar surface area (TPSA) is 78.1 Å². The molecule has 0 bridgehead atoms. The largest absolute Gasteiger partial charge is 0.497 e. The number of ether oxygens (including phenoxy) is 3. The average Bonchev–Trinajstić information content (AvgIpc) is 3.00. The quantitative estimate of drug-likeness (QED) is 0.619. The lowest BCUT2D eigenvalue weighted by atomic mass is 10.2. The Balaban J connectivity index is 1.92. The lowest BCUT2D eigenvalue weighted by molar-refractivity contribution is 0.106. The van der Waals surface area contributed by atoms with Crippen LogP contribution in [0.4, 0.5) is 5.69 Å². The van der Waals surface area contributed by atoms with Crippen LogP contribution in [0.1, 0.15) is 19.3 Å². The van der Waals surface area contributed by atoms with Gasteiger partial charge in [0, 0.05) is 19.2 Å². The van der Waals surface area contributed by atoms with Crippen LogP contribution >= 0.6 is 0 Å². The molecule has 1 heterocycles. The molecule has 1 atom stereocenters. The highest BCUT2D eigenvalue weighted by Crippen LogP contribution is 2.28. The van der Waals surface area contributed by atoms with Crippen molar-refractivity contribution in [2.45, 2.75) is 25.4 Å². The molecule has 0 spiro atoms. The summed E-state index contributed by atoms with van der Waals surface area (Å²) in [5.41, 5.74) is 6.64. The van der Waals surface area contributed by atoms with Crippen LogP contribution in [0, 0.1) is 0 Å². The Morgan fingerprint density at radius 2 is 2.29 bits per heavy atom. The van der Waals surface area contributed by atoms with Crippen molar-refractivity contribution in [1.82, 2.24) is 0 Å². The molecule has 2 rings (SSSR count). The maximum atomic E-state index is 5.91. The van der Waals surface area contributed by atoms with Crippen LogP contribution in [0.2, 0.25) is 0 Å². The van der Waals surface area contributed by atoms with Crippen LogP contribution in [-0.2, 0) is 4.74 Å². The second kappa shape index (κ2) is 7.73. The molecule has 0 amide bonds. The fraction of sp³-hybridized carbons (Fsp3) is 0.533. The van der Waals surface area contributed by atoms with E-state index in [1.807, 2.05) is 18.2 Å². The predicted molar refractivity (Wildman–Crippen MR) is 83.2 cm³/mol. The van der Waals surface area contributed by atoms with E-state index in [-0.39, 0.29) is 0 Å². The van der Waals surface area contributed by atoms with E-state index < -0.39 is 0 Å². The van der Waals surface area contributed by atoms with Gasteiger partial charge in [-0.25, -0.2) is 0 Å². The van der Waals surface area contributed by atoms with Gasteiger partial charge in [-0.15, -0.1) is 0 Å². The van der Waals surface area contributed by atoms with Crippen LogP contribution in [-0.4, -0.2) is 39.4 Å². The summed E-state index contributed by atoms with van der Waals surface area (Å²) >= 11 is 0. The minimum absolute atomic E-state index is 0.327. The smallest absolute Gasteiger partial charge is 0.193 e. The summed E-state index contributed by atoms with van der Waals surface area (Å²) in [6, 6.07) is 5.47. The summed E-state index contributed by atoms with van der Waals surface area (Å²) < 4.78 is 16.0. The molecule has 6 heteroatoms. The van der Waals surface area contributed by atoms with Gasteiger partial charge in [0.2, 0.25) is 0 Å². The average molecular weight is 293 g/mol. The molecule has 0 saturated carbocycles. The number of aliphatic imine (C=N–C) groups is 1. The highest BCUT2D eigenvalue weighted by atomic mass is 16.5. The molecule has 21 heavy (non-hydrogen) atoms. The Kier molecular flexibility index (Phi) is 5.68. The summed E-state index contributed by atoms with van der Waals surface area (Å²) in [7, 11) is 3.22. The normalized spacial score (nSPS) is 18.6. The first-order valence-electron chi connectivity index (χ1n) is 7.13. The number of nitrogens with zero attached hydrogens (tertiary/aromatic N) is 1. The molecule has 0 radical (unpaired) electrons. The zero-order valence-electron chi connectivity index (χ0n) is 12.6. The first-order valence-corrected chi connectivity index (χ1v) is 7.13. The molecule has 1 saturated heterocycles. The molecular weight excluding hydrogens is 270 g/mol. The molecule has 0 aliphatic carbocycles. The first kappa shape index (κ1) is 15.4. The Morgan fingerprint density at radius 1 is 1.43 bits per heavy atom. The molecule has 1 aromatic rings. The Hall–Kier alpha value is -1.95. The Bertz CT molecular complexity index is 485. The van der Waals surface area contributed by atoms with Gasteiger partial charge in [-0.05, 0) is 31.4 Å². The number of guanidine groups is 1. The van der Waals surface area contributed by atoms with Crippen molar-refractivity contribution in [3.05, 3.63) is 18.2 Å². The second-order valence-corrected chi connectivity index (χ2v) is 4.88. The van der Waals surface area contributed by atoms with E-state index in [2.05, 4.69) is 10.3 Å². The van der Waals surface area contributed by atoms with Gasteiger partial charge in [-0.1, -0.05) is 0 Å². The maximum absolute atomic E-state index is 5.91. The molecule has 1 aromatic carbocycles. The summed E-state index contributed by atoms with van der Waals surface area (Å²) in [5, 5.41) is 3.04. The summed E-state index contributed by atoms with van der Waals surface area (Å²) in [5.74, 6) is 1.78. The number of hydrogen-bond donors (Lipinski definition) is 2. The SMILES string of the molecule is COc1ccc(OC)c(NC(N)=NCCC2CCCO2)c1. The molecule has 116 valence electrons. The van der Waals surface area contributed by atoms with Crippen molar-refractivity contribution in [1.29, 1.82) is 0 Å². The highest BCUT2D eigenvalue weighted by Gasteiger charge is 2.14. The van der Waals surface area contributed by atoms with Crippen LogP contribution in [0.5, 0.6) is 11.5 Å². The van der Waals surface area contributed by atoms with Gasteiger partial charge in [0.15, 0.2) is 5.96 Å². The van der Waals surface area contributed by atoms with Crippen molar-refractivity contribution in [3.8, 4) is 11.5 Å². The van der Waals surface area contributed by atoms with Crippen molar-refractivity contribution in [3.63, 3.8) is 0 Å². The number of nitrogens with one attached hydrogen (secondary N) is 1. The Morgan fingerprint density at radius 3 is 2.95 bits per heavy atom. The number of anilines is 1. The monoisotopic (exact) mass is 293 g/mol. The standard InChI is InChI=1S/C15H23N3O3/c1-19-12-5-6-14(20-2)13(10-12)18-15(16)17-8-7-11-4-3-9-21-11/h5-6,10-11H,3-4,7-9H2,1-2H3,(H3,16,17,18). The van der Waals surface area contributed by atoms with E-state index in [0.717, 1.165) is 37.3 Å². The second-order valence-electron chi connectivity index (χ2n) is 4.88. The lowest BCUT2D eigenvalue weighted by Gasteiger charge is -2.12. The molecular formula is C15H23N3O3. The van der Waals surface area contributed by atoms with Gasteiger partial charge in [0.05, 0.1) is 26.0 Å². The first-order chi connectivity index (χ1) is 10.2. The van der Waals surface area contributed by atoms with Crippen molar-refractivity contribution in [2.24, 2.45) is 10.7 Å². The van der Waals surface area contributed by atoms with Gasteiger partial charge in [0.1, 0.15) is 11.5 Å². The third-order valence-corrected chi connectivity index (χ3v) is 3.43. The van der Waals surface area contributed by atoms with Crippen LogP contribution < -0.4 is 20.5 Å². The van der Waals surface area contributed by atoms with Gasteiger partial charge in [-0.3, -0.25) is 4.99 Å². The molecule has 1 aliphatic rings. The van der Waals surface area contributed by atoms with Gasteiger partial charge in [-0.2, -0.15) is 0 Å². The van der Waals surface area contributed by atoms with Gasteiger partial charge >= 0.3 is 0 Å². The zero-order chi connectivity index (χ0) is 15.1. The summed E-state index contributed by atoms with van der Waals surface area (Å²) in [6.07, 6.45) is 3.49.